The number of nitrogens with zero attached hydrogens (tertiary/aromatic N) is 6. The Hall–Kier alpha value is -8.52. The minimum Gasteiger partial charge on any atom is -0.434 e. The van der Waals surface area contributed by atoms with E-state index in [1.54, 1.807) is 0 Å². The van der Waals surface area contributed by atoms with Crippen molar-refractivity contribution in [2.24, 2.45) is 0 Å². The van der Waals surface area contributed by atoms with E-state index in [1.807, 2.05) is 0 Å². The van der Waals surface area contributed by atoms with Gasteiger partial charge in [-0.1, -0.05) is 12.1 Å². The van der Waals surface area contributed by atoms with Crippen molar-refractivity contribution in [2.75, 3.05) is 0 Å². The fourth-order valence-electron chi connectivity index (χ4n) is 7.06. The molecule has 70 heavy (non-hydrogen) atoms. The van der Waals surface area contributed by atoms with Gasteiger partial charge in [-0.3, -0.25) is 0 Å². The van der Waals surface area contributed by atoms with Gasteiger partial charge < -0.3 is 8.83 Å². The Morgan fingerprint density at radius 2 is 0.629 bits per heavy atom. The Morgan fingerprint density at radius 3 is 0.871 bits per heavy atom. The maximum atomic E-state index is 14.4. The second-order valence-corrected chi connectivity index (χ2v) is 14.4. The highest BCUT2D eigenvalue weighted by Crippen LogP contribution is 2.50. The summed E-state index contributed by atoms with van der Waals surface area (Å²) < 4.78 is 268. The Labute approximate surface area is 375 Å². The number of alkyl halides is 18. The quantitative estimate of drug-likeness (QED) is 0.158. The van der Waals surface area contributed by atoms with Crippen LogP contribution in [0.5, 0.6) is 0 Å². The first-order chi connectivity index (χ1) is 32.3. The third kappa shape index (κ3) is 9.10. The van der Waals surface area contributed by atoms with Crippen LogP contribution in [0.15, 0.2) is 81.6 Å². The number of rotatable bonds is 4. The molecule has 8 nitrogen and oxygen atoms in total. The molecule has 5 aromatic carbocycles. The maximum Gasteiger partial charge on any atom is 0.416 e. The highest BCUT2D eigenvalue weighted by molar-refractivity contribution is 6.18. The first kappa shape index (κ1) is 49.4. The van der Waals surface area contributed by atoms with Crippen molar-refractivity contribution in [1.29, 1.82) is 21.0 Å². The third-order valence-electron chi connectivity index (χ3n) is 10.1. The Balaban J connectivity index is 1.79. The summed E-state index contributed by atoms with van der Waals surface area (Å²) in [5, 5.41) is 39.0. The van der Waals surface area contributed by atoms with Crippen molar-refractivity contribution in [3.8, 4) is 68.8 Å². The predicted molar refractivity (Wildman–Crippen MR) is 202 cm³/mol. The molecule has 26 heteroatoms. The molecule has 7 aromatic rings. The maximum absolute atomic E-state index is 14.4. The van der Waals surface area contributed by atoms with Crippen molar-refractivity contribution in [1.82, 2.24) is 9.97 Å². The van der Waals surface area contributed by atoms with Gasteiger partial charge in [0.2, 0.25) is 11.1 Å². The van der Waals surface area contributed by atoms with Gasteiger partial charge in [0.25, 0.3) is 0 Å². The van der Waals surface area contributed by atoms with E-state index in [2.05, 4.69) is 9.97 Å². The van der Waals surface area contributed by atoms with Crippen LogP contribution in [0, 0.1) is 45.3 Å². The summed E-state index contributed by atoms with van der Waals surface area (Å²) in [6, 6.07) is 6.11. The second-order valence-electron chi connectivity index (χ2n) is 14.4. The molecule has 0 atom stereocenters. The van der Waals surface area contributed by atoms with Crippen LogP contribution in [0.25, 0.3) is 77.9 Å². The van der Waals surface area contributed by atoms with Crippen LogP contribution >= 0.6 is 0 Å². The molecule has 356 valence electrons. The highest BCUT2D eigenvalue weighted by Gasteiger charge is 2.41. The molecular formula is C44H12F18N6O2. The number of benzene rings is 5. The van der Waals surface area contributed by atoms with E-state index in [4.69, 9.17) is 8.83 Å². The first-order valence-electron chi connectivity index (χ1n) is 18.4. The largest absolute Gasteiger partial charge is 0.434 e. The van der Waals surface area contributed by atoms with Gasteiger partial charge in [0.1, 0.15) is 35.3 Å². The van der Waals surface area contributed by atoms with Gasteiger partial charge in [-0.2, -0.15) is 100 Å². The number of aromatic nitrogens is 2. The monoisotopic (exact) mass is 998 g/mol. The minimum atomic E-state index is -5.61. The molecule has 0 saturated carbocycles. The molecule has 0 unspecified atom stereocenters. The van der Waals surface area contributed by atoms with E-state index < -0.39 is 159 Å². The smallest absolute Gasteiger partial charge is 0.416 e. The van der Waals surface area contributed by atoms with Crippen LogP contribution in [-0.2, 0) is 37.1 Å². The van der Waals surface area contributed by atoms with Crippen molar-refractivity contribution < 1.29 is 87.9 Å². The average Bonchev–Trinajstić information content (AvgIpc) is 3.89. The summed E-state index contributed by atoms with van der Waals surface area (Å²) in [5.41, 5.74) is -28.6. The number of nitriles is 4. The molecule has 0 aliphatic rings. The lowest BCUT2D eigenvalue weighted by Crippen LogP contribution is -2.11. The van der Waals surface area contributed by atoms with Gasteiger partial charge in [0, 0.05) is 0 Å². The number of hydrogen-bond donors (Lipinski definition) is 0. The zero-order valence-corrected chi connectivity index (χ0v) is 33.2. The van der Waals surface area contributed by atoms with Gasteiger partial charge in [0.15, 0.2) is 22.3 Å². The average molecular weight is 999 g/mol. The van der Waals surface area contributed by atoms with Crippen LogP contribution in [-0.4, -0.2) is 9.97 Å². The summed E-state index contributed by atoms with van der Waals surface area (Å²) >= 11 is 0. The molecule has 7 rings (SSSR count). The summed E-state index contributed by atoms with van der Waals surface area (Å²) in [6.07, 6.45) is -33.2. The lowest BCUT2D eigenvalue weighted by atomic mass is 9.86. The molecule has 0 aliphatic carbocycles. The summed E-state index contributed by atoms with van der Waals surface area (Å²) in [4.78, 5) is 8.00. The Morgan fingerprint density at radius 1 is 0.357 bits per heavy atom. The zero-order chi connectivity index (χ0) is 51.8. The molecule has 0 aliphatic heterocycles. The van der Waals surface area contributed by atoms with Crippen LogP contribution in [0.3, 0.4) is 0 Å². The number of oxazole rings is 2. The Bertz CT molecular complexity index is 3240. The molecule has 2 aromatic heterocycles. The molecule has 0 spiro atoms. The molecular weight excluding hydrogens is 986 g/mol. The second kappa shape index (κ2) is 16.6. The van der Waals surface area contributed by atoms with E-state index in [9.17, 15) is 100 Å². The van der Waals surface area contributed by atoms with Crippen LogP contribution < -0.4 is 11.1 Å². The van der Waals surface area contributed by atoms with Crippen molar-refractivity contribution >= 4 is 33.3 Å². The van der Waals surface area contributed by atoms with Gasteiger partial charge >= 0.3 is 37.1 Å². The fraction of sp³-hybridized carbons (Fsp3) is 0.136. The van der Waals surface area contributed by atoms with Crippen molar-refractivity contribution in [3.63, 3.8) is 0 Å². The van der Waals surface area contributed by atoms with E-state index >= 15 is 0 Å². The van der Waals surface area contributed by atoms with Gasteiger partial charge in [-0.05, 0) is 94.0 Å². The molecule has 0 radical (unpaired) electrons. The fourth-order valence-corrected chi connectivity index (χ4v) is 7.06. The zero-order valence-electron chi connectivity index (χ0n) is 33.2. The van der Waals surface area contributed by atoms with Gasteiger partial charge in [0.05, 0.1) is 44.5 Å². The first-order valence-corrected chi connectivity index (χ1v) is 18.4. The van der Waals surface area contributed by atoms with Crippen LogP contribution in [0.4, 0.5) is 79.0 Å². The molecule has 0 amide bonds. The Kier molecular flexibility index (Phi) is 11.7. The summed E-state index contributed by atoms with van der Waals surface area (Å²) in [7, 11) is 0. The number of halogens is 18. The van der Waals surface area contributed by atoms with E-state index in [0.717, 1.165) is 0 Å². The van der Waals surface area contributed by atoms with Gasteiger partial charge in [-0.25, -0.2) is 9.97 Å². The predicted octanol–water partition coefficient (Wildman–Crippen LogP) is 13.1. The molecule has 0 saturated heterocycles. The lowest BCUT2D eigenvalue weighted by molar-refractivity contribution is -0.144. The number of hydrogen-bond acceptors (Lipinski definition) is 8. The summed E-state index contributed by atoms with van der Waals surface area (Å²) in [6.45, 7) is 0. The molecule has 0 N–H and O–H groups in total. The van der Waals surface area contributed by atoms with E-state index in [0.29, 0.717) is 12.1 Å². The van der Waals surface area contributed by atoms with Crippen molar-refractivity contribution in [2.45, 2.75) is 37.1 Å². The van der Waals surface area contributed by atoms with E-state index in [-0.39, 0.29) is 60.7 Å². The summed E-state index contributed by atoms with van der Waals surface area (Å²) in [5.74, 6) is 0. The lowest BCUT2D eigenvalue weighted by Gasteiger charge is -2.19. The van der Waals surface area contributed by atoms with E-state index in [1.165, 1.54) is 24.3 Å². The normalized spacial score (nSPS) is 12.7. The third-order valence-corrected chi connectivity index (χ3v) is 10.1. The van der Waals surface area contributed by atoms with Crippen LogP contribution in [0.1, 0.15) is 33.4 Å². The minimum absolute atomic E-state index is 0.00424. The molecule has 2 heterocycles. The van der Waals surface area contributed by atoms with Crippen molar-refractivity contribution in [3.05, 3.63) is 117 Å². The standard InChI is InChI=1S/C44H12F18N6O2/c45-39(46,47)21-1-3-27(29(11-21)17-5-23(41(51,52)53)9-24(6-17)42(54,55)56)31-33-36(70-37(67-33)19(13-63)14-64)32(34-35(31)69-38(68-34)20(15-65)16-66)28-4-2-22(40(48,49)50)12-30(28)18-7-25(43(57,58)59)10-26(8-18)44(60,61)62/h1-12H. The molecule has 0 bridgehead atoms. The van der Waals surface area contributed by atoms with Crippen LogP contribution in [0.2, 0.25) is 0 Å². The number of fused-ring (bicyclic) bond motifs is 2. The van der Waals surface area contributed by atoms with Gasteiger partial charge in [-0.15, -0.1) is 0 Å². The molecule has 0 fully saturated rings. The topological polar surface area (TPSA) is 147 Å². The highest BCUT2D eigenvalue weighted by atomic mass is 19.4. The SMILES string of the molecule is N#CC(C#N)=c1nc2c(-c3ccc(C(F)(F)F)cc3-c3cc(C(F)(F)F)cc(C(F)(F)F)c3)c3oc(=C(C#N)C#N)nc3c(-c3ccc(C(F)(F)F)cc3-c3cc(C(F)(F)F)cc(C(F)(F)F)c3)c2o1.